The van der Waals surface area contributed by atoms with Crippen LogP contribution >= 0.6 is 0 Å². The highest BCUT2D eigenvalue weighted by Gasteiger charge is 2.43. The maximum Gasteiger partial charge on any atom is 0.319 e. The monoisotopic (exact) mass is 332 g/mol. The Bertz CT molecular complexity index is 648. The number of hydrogen-bond donors (Lipinski definition) is 0. The summed E-state index contributed by atoms with van der Waals surface area (Å²) in [5, 5.41) is 0. The molecule has 1 spiro atoms. The molecule has 1 aromatic rings. The molecular formula is C18H24N2O4. The molecule has 3 rings (SSSR count). The number of ether oxygens (including phenoxy) is 2. The zero-order chi connectivity index (χ0) is 17.3. The highest BCUT2D eigenvalue weighted by molar-refractivity contribution is 6.00. The van der Waals surface area contributed by atoms with Gasteiger partial charge >= 0.3 is 6.03 Å². The lowest BCUT2D eigenvalue weighted by atomic mass is 9.82. The van der Waals surface area contributed by atoms with Crippen molar-refractivity contribution in [2.45, 2.75) is 31.8 Å². The van der Waals surface area contributed by atoms with E-state index in [0.29, 0.717) is 56.0 Å². The van der Waals surface area contributed by atoms with Crippen LogP contribution in [-0.4, -0.2) is 61.0 Å². The zero-order valence-electron chi connectivity index (χ0n) is 14.5. The Labute approximate surface area is 142 Å². The van der Waals surface area contributed by atoms with Gasteiger partial charge in [0.2, 0.25) is 0 Å². The molecule has 0 N–H and O–H groups in total. The van der Waals surface area contributed by atoms with Crippen LogP contribution < -0.4 is 9.47 Å². The average molecular weight is 332 g/mol. The molecule has 0 aromatic heterocycles. The lowest BCUT2D eigenvalue weighted by Gasteiger charge is -2.44. The molecule has 0 bridgehead atoms. The summed E-state index contributed by atoms with van der Waals surface area (Å²) in [5.41, 5.74) is 0.119. The van der Waals surface area contributed by atoms with Crippen LogP contribution in [0.2, 0.25) is 0 Å². The molecule has 2 aliphatic heterocycles. The predicted molar refractivity (Wildman–Crippen MR) is 89.8 cm³/mol. The number of Topliss-reactive ketones (excluding diaryl/α,β-unsaturated/α-hetero) is 1. The van der Waals surface area contributed by atoms with Crippen LogP contribution in [0.4, 0.5) is 4.79 Å². The maximum atomic E-state index is 12.5. The summed E-state index contributed by atoms with van der Waals surface area (Å²) in [6, 6.07) is 5.39. The zero-order valence-corrected chi connectivity index (χ0v) is 14.5. The molecule has 1 aromatic carbocycles. The predicted octanol–water partition coefficient (Wildman–Crippen LogP) is 2.57. The summed E-state index contributed by atoms with van der Waals surface area (Å²) in [4.78, 5) is 28.0. The molecule has 24 heavy (non-hydrogen) atoms. The highest BCUT2D eigenvalue weighted by Crippen LogP contribution is 2.40. The van der Waals surface area contributed by atoms with Crippen LogP contribution in [-0.2, 0) is 0 Å². The fraction of sp³-hybridized carbons (Fsp3) is 0.556. The van der Waals surface area contributed by atoms with E-state index in [4.69, 9.17) is 9.47 Å². The van der Waals surface area contributed by atoms with Crippen molar-refractivity contribution in [3.8, 4) is 11.5 Å². The van der Waals surface area contributed by atoms with Crippen molar-refractivity contribution >= 4 is 11.8 Å². The summed E-state index contributed by atoms with van der Waals surface area (Å²) >= 11 is 0. The number of benzene rings is 1. The van der Waals surface area contributed by atoms with Gasteiger partial charge in [-0.2, -0.15) is 0 Å². The van der Waals surface area contributed by atoms with Crippen molar-refractivity contribution in [2.24, 2.45) is 0 Å². The Morgan fingerprint density at radius 1 is 1.33 bits per heavy atom. The quantitative estimate of drug-likeness (QED) is 0.835. The van der Waals surface area contributed by atoms with Gasteiger partial charge in [0.1, 0.15) is 17.1 Å². The first-order valence-electron chi connectivity index (χ1n) is 8.39. The molecule has 6 nitrogen and oxygen atoms in total. The second kappa shape index (κ2) is 6.34. The van der Waals surface area contributed by atoms with Crippen LogP contribution in [0.5, 0.6) is 11.5 Å². The van der Waals surface area contributed by atoms with E-state index in [1.807, 2.05) is 11.8 Å². The maximum absolute atomic E-state index is 12.5. The van der Waals surface area contributed by atoms with Gasteiger partial charge in [0, 0.05) is 46.1 Å². The molecule has 0 radical (unpaired) electrons. The van der Waals surface area contributed by atoms with Gasteiger partial charge in [0.05, 0.1) is 18.6 Å². The molecule has 0 unspecified atom stereocenters. The highest BCUT2D eigenvalue weighted by atomic mass is 16.5. The Morgan fingerprint density at radius 3 is 2.67 bits per heavy atom. The molecule has 2 aliphatic rings. The van der Waals surface area contributed by atoms with Crippen molar-refractivity contribution in [3.05, 3.63) is 23.8 Å². The number of likely N-dealkylation sites (tertiary alicyclic amines) is 1. The van der Waals surface area contributed by atoms with Gasteiger partial charge in [-0.1, -0.05) is 0 Å². The number of amides is 2. The molecule has 130 valence electrons. The first kappa shape index (κ1) is 16.6. The minimum Gasteiger partial charge on any atom is -0.494 e. The van der Waals surface area contributed by atoms with Gasteiger partial charge < -0.3 is 19.3 Å². The van der Waals surface area contributed by atoms with E-state index in [1.165, 1.54) is 0 Å². The normalized spacial score (nSPS) is 18.8. The van der Waals surface area contributed by atoms with Crippen molar-refractivity contribution in [3.63, 3.8) is 0 Å². The second-order valence-electron chi connectivity index (χ2n) is 6.64. The number of ketones is 1. The van der Waals surface area contributed by atoms with E-state index in [2.05, 4.69) is 0 Å². The van der Waals surface area contributed by atoms with Crippen LogP contribution in [0.15, 0.2) is 18.2 Å². The second-order valence-corrected chi connectivity index (χ2v) is 6.64. The molecule has 2 heterocycles. The van der Waals surface area contributed by atoms with Gasteiger partial charge in [-0.05, 0) is 19.1 Å². The summed E-state index contributed by atoms with van der Waals surface area (Å²) < 4.78 is 11.8. The molecule has 0 atom stereocenters. The largest absolute Gasteiger partial charge is 0.494 e. The number of urea groups is 1. The molecule has 2 amide bonds. The first-order valence-corrected chi connectivity index (χ1v) is 8.39. The minimum atomic E-state index is -0.502. The van der Waals surface area contributed by atoms with E-state index in [9.17, 15) is 9.59 Å². The van der Waals surface area contributed by atoms with Crippen molar-refractivity contribution in [2.75, 3.05) is 33.8 Å². The third kappa shape index (κ3) is 3.05. The van der Waals surface area contributed by atoms with Gasteiger partial charge in [-0.15, -0.1) is 0 Å². The fourth-order valence-electron chi connectivity index (χ4n) is 3.40. The minimum absolute atomic E-state index is 0.00557. The van der Waals surface area contributed by atoms with Crippen molar-refractivity contribution < 1.29 is 19.1 Å². The Hall–Kier alpha value is -2.24. The topological polar surface area (TPSA) is 59.1 Å². The summed E-state index contributed by atoms with van der Waals surface area (Å²) in [6.07, 6.45) is 1.70. The smallest absolute Gasteiger partial charge is 0.319 e. The molecular weight excluding hydrogens is 308 g/mol. The summed E-state index contributed by atoms with van der Waals surface area (Å²) in [6.45, 7) is 3.69. The number of fused-ring (bicyclic) bond motifs is 1. The van der Waals surface area contributed by atoms with Gasteiger partial charge in [0.25, 0.3) is 0 Å². The van der Waals surface area contributed by atoms with Crippen LogP contribution in [0, 0.1) is 0 Å². The lowest BCUT2D eigenvalue weighted by Crippen LogP contribution is -2.53. The summed E-state index contributed by atoms with van der Waals surface area (Å²) in [5.74, 6) is 1.41. The van der Waals surface area contributed by atoms with Crippen LogP contribution in [0.25, 0.3) is 0 Å². The number of carbonyl (C=O) groups is 2. The SMILES string of the molecule is CCOc1ccc2c(c1)OC1(CCN(C(=O)N(C)C)CC1)CC2=O. The molecule has 6 heteroatoms. The summed E-state index contributed by atoms with van der Waals surface area (Å²) in [7, 11) is 3.50. The Morgan fingerprint density at radius 2 is 2.04 bits per heavy atom. The van der Waals surface area contributed by atoms with Crippen molar-refractivity contribution in [1.82, 2.24) is 9.80 Å². The van der Waals surface area contributed by atoms with E-state index in [1.54, 1.807) is 37.2 Å². The Kier molecular flexibility index (Phi) is 4.39. The van der Waals surface area contributed by atoms with Crippen LogP contribution in [0.3, 0.4) is 0 Å². The first-order chi connectivity index (χ1) is 11.4. The number of nitrogens with zero attached hydrogens (tertiary/aromatic N) is 2. The van der Waals surface area contributed by atoms with E-state index in [-0.39, 0.29) is 11.8 Å². The van der Waals surface area contributed by atoms with Gasteiger partial charge in [-0.3, -0.25) is 4.79 Å². The molecule has 0 saturated carbocycles. The third-order valence-corrected chi connectivity index (χ3v) is 4.70. The fourth-order valence-corrected chi connectivity index (χ4v) is 3.40. The molecule has 0 aliphatic carbocycles. The number of piperidine rings is 1. The number of carbonyl (C=O) groups excluding carboxylic acids is 2. The lowest BCUT2D eigenvalue weighted by molar-refractivity contribution is -0.00283. The van der Waals surface area contributed by atoms with E-state index >= 15 is 0 Å². The van der Waals surface area contributed by atoms with E-state index in [0.717, 1.165) is 0 Å². The number of hydrogen-bond acceptors (Lipinski definition) is 4. The van der Waals surface area contributed by atoms with Crippen molar-refractivity contribution in [1.29, 1.82) is 0 Å². The standard InChI is InChI=1S/C18H24N2O4/c1-4-23-13-5-6-14-15(21)12-18(24-16(14)11-13)7-9-20(10-8-18)17(22)19(2)3/h5-6,11H,4,7-10,12H2,1-3H3. The van der Waals surface area contributed by atoms with Gasteiger partial charge in [0.15, 0.2) is 5.78 Å². The van der Waals surface area contributed by atoms with Gasteiger partial charge in [-0.25, -0.2) is 4.79 Å². The molecule has 1 fully saturated rings. The van der Waals surface area contributed by atoms with E-state index < -0.39 is 5.60 Å². The Balaban J connectivity index is 1.77. The third-order valence-electron chi connectivity index (χ3n) is 4.70. The average Bonchev–Trinajstić information content (AvgIpc) is 2.55. The van der Waals surface area contributed by atoms with Crippen LogP contribution in [0.1, 0.15) is 36.5 Å². The molecule has 1 saturated heterocycles. The number of rotatable bonds is 2.